The lowest BCUT2D eigenvalue weighted by atomic mass is 9.76. The Balaban J connectivity index is 2.67. The highest BCUT2D eigenvalue weighted by Gasteiger charge is 2.27. The summed E-state index contributed by atoms with van der Waals surface area (Å²) in [5.74, 6) is 0.352. The third-order valence-corrected chi connectivity index (χ3v) is 5.43. The third kappa shape index (κ3) is 3.21. The van der Waals surface area contributed by atoms with Crippen LogP contribution in [0.5, 0.6) is 0 Å². The summed E-state index contributed by atoms with van der Waals surface area (Å²) in [6.45, 7) is 11.1. The SMILES string of the molecule is Cc1csc(-c2cc(Cl)cc(Cl)c2C(C)C(C)(C)C)c1. The van der Waals surface area contributed by atoms with Crippen LogP contribution in [0, 0.1) is 12.3 Å². The van der Waals surface area contributed by atoms with Gasteiger partial charge in [-0.3, -0.25) is 0 Å². The molecule has 3 heteroatoms. The lowest BCUT2D eigenvalue weighted by Gasteiger charge is -2.30. The average molecular weight is 327 g/mol. The molecule has 0 N–H and O–H groups in total. The Morgan fingerprint density at radius 2 is 1.75 bits per heavy atom. The summed E-state index contributed by atoms with van der Waals surface area (Å²) >= 11 is 14.5. The Morgan fingerprint density at radius 1 is 1.10 bits per heavy atom. The highest BCUT2D eigenvalue weighted by atomic mass is 35.5. The Bertz CT molecular complexity index is 620. The van der Waals surface area contributed by atoms with Crippen LogP contribution in [-0.4, -0.2) is 0 Å². The lowest BCUT2D eigenvalue weighted by Crippen LogP contribution is -2.16. The molecule has 1 heterocycles. The second-order valence-corrected chi connectivity index (χ2v) is 8.18. The quantitative estimate of drug-likeness (QED) is 0.548. The van der Waals surface area contributed by atoms with Crippen molar-refractivity contribution in [2.45, 2.75) is 40.5 Å². The number of rotatable bonds is 2. The van der Waals surface area contributed by atoms with Gasteiger partial charge in [-0.25, -0.2) is 0 Å². The zero-order chi connectivity index (χ0) is 15.1. The zero-order valence-corrected chi connectivity index (χ0v) is 14.9. The summed E-state index contributed by atoms with van der Waals surface area (Å²) in [6.07, 6.45) is 0. The lowest BCUT2D eigenvalue weighted by molar-refractivity contribution is 0.340. The van der Waals surface area contributed by atoms with E-state index in [2.05, 4.69) is 46.1 Å². The van der Waals surface area contributed by atoms with Gasteiger partial charge in [-0.15, -0.1) is 11.3 Å². The normalized spacial score (nSPS) is 13.6. The minimum absolute atomic E-state index is 0.151. The van der Waals surface area contributed by atoms with E-state index in [1.54, 1.807) is 11.3 Å². The fourth-order valence-corrected chi connectivity index (χ4v) is 3.82. The highest BCUT2D eigenvalue weighted by Crippen LogP contribution is 2.45. The van der Waals surface area contributed by atoms with E-state index >= 15 is 0 Å². The molecule has 0 nitrogen and oxygen atoms in total. The molecule has 1 aromatic heterocycles. The number of benzene rings is 1. The topological polar surface area (TPSA) is 0 Å². The van der Waals surface area contributed by atoms with Crippen LogP contribution in [0.2, 0.25) is 10.0 Å². The van der Waals surface area contributed by atoms with Crippen LogP contribution in [0.3, 0.4) is 0 Å². The minimum Gasteiger partial charge on any atom is -0.144 e. The molecule has 1 atom stereocenters. The standard InChI is InChI=1S/C17H20Cl2S/c1-10-6-15(20-9-10)13-7-12(18)8-14(19)16(13)11(2)17(3,4)5/h6-9,11H,1-5H3. The first-order chi connectivity index (χ1) is 9.20. The van der Waals surface area contributed by atoms with Gasteiger partial charge < -0.3 is 0 Å². The molecule has 0 aliphatic rings. The maximum absolute atomic E-state index is 6.51. The van der Waals surface area contributed by atoms with Gasteiger partial charge in [-0.2, -0.15) is 0 Å². The van der Waals surface area contributed by atoms with E-state index in [9.17, 15) is 0 Å². The predicted octanol–water partition coefficient (Wildman–Crippen LogP) is 7.18. The molecule has 0 spiro atoms. The van der Waals surface area contributed by atoms with Gasteiger partial charge in [0.1, 0.15) is 0 Å². The maximum atomic E-state index is 6.51. The maximum Gasteiger partial charge on any atom is 0.0462 e. The highest BCUT2D eigenvalue weighted by molar-refractivity contribution is 7.13. The molecule has 0 bridgehead atoms. The largest absolute Gasteiger partial charge is 0.144 e. The molecule has 0 aliphatic carbocycles. The van der Waals surface area contributed by atoms with Gasteiger partial charge in [0.25, 0.3) is 0 Å². The molecule has 2 aromatic rings. The van der Waals surface area contributed by atoms with Crippen LogP contribution >= 0.6 is 34.5 Å². The first-order valence-corrected chi connectivity index (χ1v) is 8.38. The second kappa shape index (κ2) is 5.71. The monoisotopic (exact) mass is 326 g/mol. The molecule has 0 saturated carbocycles. The van der Waals surface area contributed by atoms with Crippen molar-refractivity contribution in [1.29, 1.82) is 0 Å². The van der Waals surface area contributed by atoms with E-state index in [1.165, 1.54) is 21.6 Å². The van der Waals surface area contributed by atoms with Gasteiger partial charge in [0.15, 0.2) is 0 Å². The molecule has 0 fully saturated rings. The number of halogens is 2. The van der Waals surface area contributed by atoms with E-state index in [0.717, 1.165) is 5.02 Å². The summed E-state index contributed by atoms with van der Waals surface area (Å²) in [5.41, 5.74) is 3.79. The predicted molar refractivity (Wildman–Crippen MR) is 92.4 cm³/mol. The van der Waals surface area contributed by atoms with Crippen LogP contribution in [0.4, 0.5) is 0 Å². The Hall–Kier alpha value is -0.500. The molecule has 20 heavy (non-hydrogen) atoms. The number of thiophene rings is 1. The van der Waals surface area contributed by atoms with Crippen LogP contribution in [0.1, 0.15) is 44.7 Å². The van der Waals surface area contributed by atoms with Gasteiger partial charge in [0.05, 0.1) is 0 Å². The van der Waals surface area contributed by atoms with Crippen molar-refractivity contribution in [2.75, 3.05) is 0 Å². The third-order valence-electron chi connectivity index (χ3n) is 3.82. The Morgan fingerprint density at radius 3 is 2.25 bits per heavy atom. The molecule has 2 rings (SSSR count). The van der Waals surface area contributed by atoms with Gasteiger partial charge >= 0.3 is 0 Å². The Labute approximate surface area is 135 Å². The van der Waals surface area contributed by atoms with E-state index < -0.39 is 0 Å². The van der Waals surface area contributed by atoms with Gasteiger partial charge in [-0.05, 0) is 58.5 Å². The van der Waals surface area contributed by atoms with Crippen molar-refractivity contribution >= 4 is 34.5 Å². The summed E-state index contributed by atoms with van der Waals surface area (Å²) in [4.78, 5) is 1.23. The summed E-state index contributed by atoms with van der Waals surface area (Å²) in [6, 6.07) is 6.09. The molecule has 1 aromatic carbocycles. The second-order valence-electron chi connectivity index (χ2n) is 6.42. The molecule has 0 radical (unpaired) electrons. The molecule has 0 aliphatic heterocycles. The summed E-state index contributed by atoms with van der Waals surface area (Å²) < 4.78 is 0. The first kappa shape index (κ1) is 15.9. The van der Waals surface area contributed by atoms with Gasteiger partial charge in [0.2, 0.25) is 0 Å². The summed E-state index contributed by atoms with van der Waals surface area (Å²) in [7, 11) is 0. The molecular weight excluding hydrogens is 307 g/mol. The van der Waals surface area contributed by atoms with Gasteiger partial charge in [-0.1, -0.05) is 50.9 Å². The van der Waals surface area contributed by atoms with E-state index in [-0.39, 0.29) is 5.41 Å². The zero-order valence-electron chi connectivity index (χ0n) is 12.6. The molecule has 108 valence electrons. The number of hydrogen-bond donors (Lipinski definition) is 0. The van der Waals surface area contributed by atoms with Crippen molar-refractivity contribution in [3.63, 3.8) is 0 Å². The minimum atomic E-state index is 0.151. The average Bonchev–Trinajstić information content (AvgIpc) is 2.73. The van der Waals surface area contributed by atoms with E-state index in [0.29, 0.717) is 10.9 Å². The van der Waals surface area contributed by atoms with Crippen molar-refractivity contribution < 1.29 is 0 Å². The van der Waals surface area contributed by atoms with E-state index in [4.69, 9.17) is 23.2 Å². The molecule has 1 unspecified atom stereocenters. The Kier molecular flexibility index (Phi) is 4.53. The smallest absolute Gasteiger partial charge is 0.0462 e. The fraction of sp³-hybridized carbons (Fsp3) is 0.412. The van der Waals surface area contributed by atoms with Crippen LogP contribution in [0.25, 0.3) is 10.4 Å². The number of hydrogen-bond acceptors (Lipinski definition) is 1. The van der Waals surface area contributed by atoms with E-state index in [1.807, 2.05) is 12.1 Å². The first-order valence-electron chi connectivity index (χ1n) is 6.74. The summed E-state index contributed by atoms with van der Waals surface area (Å²) in [5, 5.41) is 3.62. The molecule has 0 amide bonds. The molecule has 0 saturated heterocycles. The van der Waals surface area contributed by atoms with Crippen molar-refractivity contribution in [3.05, 3.63) is 44.8 Å². The molecular formula is C17H20Cl2S. The van der Waals surface area contributed by atoms with Crippen LogP contribution in [0.15, 0.2) is 23.6 Å². The van der Waals surface area contributed by atoms with Crippen molar-refractivity contribution in [3.8, 4) is 10.4 Å². The van der Waals surface area contributed by atoms with Gasteiger partial charge in [0, 0.05) is 14.9 Å². The van der Waals surface area contributed by atoms with Crippen LogP contribution in [-0.2, 0) is 0 Å². The number of aryl methyl sites for hydroxylation is 1. The van der Waals surface area contributed by atoms with Crippen molar-refractivity contribution in [2.24, 2.45) is 5.41 Å². The fourth-order valence-electron chi connectivity index (χ4n) is 2.23. The van der Waals surface area contributed by atoms with Crippen LogP contribution < -0.4 is 0 Å². The van der Waals surface area contributed by atoms with Crippen molar-refractivity contribution in [1.82, 2.24) is 0 Å².